The Labute approximate surface area is 135 Å². The van der Waals surface area contributed by atoms with Crippen molar-refractivity contribution >= 4 is 29.0 Å². The average molecular weight is 327 g/mol. The number of anilines is 1. The molecule has 116 valence electrons. The third-order valence-electron chi connectivity index (χ3n) is 3.09. The molecule has 2 heterocycles. The molecule has 3 rings (SSSR count). The van der Waals surface area contributed by atoms with Gasteiger partial charge in [-0.2, -0.15) is 5.10 Å². The fraction of sp³-hybridized carbons (Fsp3) is 0.0667. The monoisotopic (exact) mass is 327 g/mol. The molecule has 3 aromatic rings. The minimum atomic E-state index is -0.839. The maximum Gasteiger partial charge on any atom is 0.271 e. The number of amides is 2. The van der Waals surface area contributed by atoms with Gasteiger partial charge in [-0.3, -0.25) is 14.7 Å². The second kappa shape index (κ2) is 6.84. The van der Waals surface area contributed by atoms with Gasteiger partial charge in [-0.05, 0) is 5.56 Å². The van der Waals surface area contributed by atoms with E-state index in [0.717, 1.165) is 0 Å². The lowest BCUT2D eigenvalue weighted by molar-refractivity contribution is -0.118. The SMILES string of the molecule is O=C(N[C@H](C(=O)Nc1ccn[nH]1)c1ccccc1)c1cscn1. The summed E-state index contributed by atoms with van der Waals surface area (Å²) in [4.78, 5) is 28.7. The van der Waals surface area contributed by atoms with Crippen LogP contribution in [-0.4, -0.2) is 27.0 Å². The van der Waals surface area contributed by atoms with E-state index in [1.807, 2.05) is 6.07 Å². The van der Waals surface area contributed by atoms with Crippen LogP contribution in [0.4, 0.5) is 5.82 Å². The molecule has 0 saturated carbocycles. The van der Waals surface area contributed by atoms with Crippen molar-refractivity contribution in [1.82, 2.24) is 20.5 Å². The van der Waals surface area contributed by atoms with E-state index in [4.69, 9.17) is 0 Å². The molecule has 0 bridgehead atoms. The van der Waals surface area contributed by atoms with Crippen LogP contribution in [-0.2, 0) is 4.79 Å². The van der Waals surface area contributed by atoms with Crippen molar-refractivity contribution in [2.75, 3.05) is 5.32 Å². The lowest BCUT2D eigenvalue weighted by atomic mass is 10.1. The van der Waals surface area contributed by atoms with E-state index in [1.54, 1.807) is 41.2 Å². The molecule has 3 N–H and O–H groups in total. The van der Waals surface area contributed by atoms with Crippen LogP contribution in [0, 0.1) is 0 Å². The Kier molecular flexibility index (Phi) is 4.44. The molecule has 7 nitrogen and oxygen atoms in total. The summed E-state index contributed by atoms with van der Waals surface area (Å²) in [5.74, 6) is -0.317. The summed E-state index contributed by atoms with van der Waals surface area (Å²) in [6.07, 6.45) is 1.53. The number of thiazole rings is 1. The normalized spacial score (nSPS) is 11.7. The van der Waals surface area contributed by atoms with Crippen molar-refractivity contribution in [2.45, 2.75) is 6.04 Å². The number of rotatable bonds is 5. The zero-order valence-electron chi connectivity index (χ0n) is 11.9. The Bertz CT molecular complexity index is 772. The Hall–Kier alpha value is -3.00. The van der Waals surface area contributed by atoms with Crippen molar-refractivity contribution in [1.29, 1.82) is 0 Å². The van der Waals surface area contributed by atoms with Crippen molar-refractivity contribution in [3.05, 3.63) is 64.7 Å². The summed E-state index contributed by atoms with van der Waals surface area (Å²) in [6, 6.07) is 9.80. The van der Waals surface area contributed by atoms with E-state index >= 15 is 0 Å². The van der Waals surface area contributed by atoms with Gasteiger partial charge in [-0.1, -0.05) is 30.3 Å². The summed E-state index contributed by atoms with van der Waals surface area (Å²) < 4.78 is 0. The van der Waals surface area contributed by atoms with Gasteiger partial charge in [0.1, 0.15) is 17.6 Å². The van der Waals surface area contributed by atoms with Crippen LogP contribution < -0.4 is 10.6 Å². The van der Waals surface area contributed by atoms with Crippen molar-refractivity contribution in [3.8, 4) is 0 Å². The van der Waals surface area contributed by atoms with Gasteiger partial charge in [0.25, 0.3) is 11.8 Å². The second-order valence-corrected chi connectivity index (χ2v) is 5.37. The standard InChI is InChI=1S/C15H13N5O2S/c21-14(11-8-23-9-16-11)19-13(10-4-2-1-3-5-10)15(22)18-12-6-7-17-20-12/h1-9,13H,(H,19,21)(H2,17,18,20,22)/t13-/m0/s1. The highest BCUT2D eigenvalue weighted by atomic mass is 32.1. The van der Waals surface area contributed by atoms with Crippen molar-refractivity contribution in [2.24, 2.45) is 0 Å². The van der Waals surface area contributed by atoms with Gasteiger partial charge in [0.15, 0.2) is 0 Å². The van der Waals surface area contributed by atoms with Gasteiger partial charge in [0.05, 0.1) is 11.7 Å². The minimum Gasteiger partial charge on any atom is -0.335 e. The van der Waals surface area contributed by atoms with Crippen LogP contribution in [0.15, 0.2) is 53.5 Å². The minimum absolute atomic E-state index is 0.283. The van der Waals surface area contributed by atoms with Gasteiger partial charge in [0.2, 0.25) is 0 Å². The average Bonchev–Trinajstić information content (AvgIpc) is 3.26. The Balaban J connectivity index is 1.82. The van der Waals surface area contributed by atoms with E-state index in [2.05, 4.69) is 25.8 Å². The van der Waals surface area contributed by atoms with Crippen molar-refractivity contribution < 1.29 is 9.59 Å². The first-order chi connectivity index (χ1) is 11.2. The highest BCUT2D eigenvalue weighted by molar-refractivity contribution is 7.07. The number of carbonyl (C=O) groups is 2. The molecule has 0 aliphatic rings. The molecule has 0 aliphatic heterocycles. The lowest BCUT2D eigenvalue weighted by Gasteiger charge is -2.17. The van der Waals surface area contributed by atoms with Crippen LogP contribution in [0.1, 0.15) is 22.1 Å². The molecule has 2 amide bonds. The second-order valence-electron chi connectivity index (χ2n) is 4.65. The number of nitrogens with one attached hydrogen (secondary N) is 3. The number of H-pyrrole nitrogens is 1. The fourth-order valence-electron chi connectivity index (χ4n) is 2.01. The Morgan fingerprint density at radius 1 is 1.17 bits per heavy atom. The summed E-state index contributed by atoms with van der Waals surface area (Å²) in [5, 5.41) is 13.4. The zero-order valence-corrected chi connectivity index (χ0v) is 12.7. The predicted molar refractivity (Wildman–Crippen MR) is 86.0 cm³/mol. The van der Waals surface area contributed by atoms with E-state index in [1.165, 1.54) is 17.5 Å². The summed E-state index contributed by atoms with van der Waals surface area (Å²) >= 11 is 1.32. The number of aromatic amines is 1. The Morgan fingerprint density at radius 3 is 2.65 bits per heavy atom. The quantitative estimate of drug-likeness (QED) is 0.667. The highest BCUT2D eigenvalue weighted by Crippen LogP contribution is 2.16. The lowest BCUT2D eigenvalue weighted by Crippen LogP contribution is -2.37. The predicted octanol–water partition coefficient (Wildman–Crippen LogP) is 1.98. The molecule has 2 aromatic heterocycles. The number of hydrogen-bond acceptors (Lipinski definition) is 5. The number of benzene rings is 1. The molecular weight excluding hydrogens is 314 g/mol. The number of nitrogens with zero attached hydrogens (tertiary/aromatic N) is 2. The molecule has 0 spiro atoms. The highest BCUT2D eigenvalue weighted by Gasteiger charge is 2.24. The van der Waals surface area contributed by atoms with Crippen molar-refractivity contribution in [3.63, 3.8) is 0 Å². The maximum atomic E-state index is 12.5. The first kappa shape index (κ1) is 14.9. The molecule has 1 aromatic carbocycles. The van der Waals surface area contributed by atoms with Crippen LogP contribution in [0.3, 0.4) is 0 Å². The Morgan fingerprint density at radius 2 is 2.00 bits per heavy atom. The van der Waals surface area contributed by atoms with Gasteiger partial charge >= 0.3 is 0 Å². The summed E-state index contributed by atoms with van der Waals surface area (Å²) in [7, 11) is 0. The molecule has 0 fully saturated rings. The topological polar surface area (TPSA) is 99.8 Å². The molecular formula is C15H13N5O2S. The van der Waals surface area contributed by atoms with Crippen LogP contribution in [0.2, 0.25) is 0 Å². The summed E-state index contributed by atoms with van der Waals surface area (Å²) in [6.45, 7) is 0. The largest absolute Gasteiger partial charge is 0.335 e. The first-order valence-electron chi connectivity index (χ1n) is 6.78. The van der Waals surface area contributed by atoms with Crippen LogP contribution in [0.5, 0.6) is 0 Å². The molecule has 0 saturated heterocycles. The first-order valence-corrected chi connectivity index (χ1v) is 7.72. The zero-order chi connectivity index (χ0) is 16.1. The third kappa shape index (κ3) is 3.61. The summed E-state index contributed by atoms with van der Waals surface area (Å²) in [5.41, 5.74) is 2.52. The molecule has 1 atom stereocenters. The number of aromatic nitrogens is 3. The smallest absolute Gasteiger partial charge is 0.271 e. The molecule has 0 radical (unpaired) electrons. The molecule has 23 heavy (non-hydrogen) atoms. The molecule has 0 unspecified atom stereocenters. The molecule has 0 aliphatic carbocycles. The van der Waals surface area contributed by atoms with Crippen LogP contribution in [0.25, 0.3) is 0 Å². The van der Waals surface area contributed by atoms with E-state index in [0.29, 0.717) is 11.4 Å². The maximum absolute atomic E-state index is 12.5. The van der Waals surface area contributed by atoms with E-state index in [9.17, 15) is 9.59 Å². The van der Waals surface area contributed by atoms with Gasteiger partial charge in [-0.25, -0.2) is 4.98 Å². The van der Waals surface area contributed by atoms with Crippen LogP contribution >= 0.6 is 11.3 Å². The van der Waals surface area contributed by atoms with Gasteiger partial charge in [0, 0.05) is 11.4 Å². The number of carbonyl (C=O) groups excluding carboxylic acids is 2. The van der Waals surface area contributed by atoms with Gasteiger partial charge < -0.3 is 10.6 Å². The third-order valence-corrected chi connectivity index (χ3v) is 3.68. The van der Waals surface area contributed by atoms with E-state index in [-0.39, 0.29) is 11.6 Å². The van der Waals surface area contributed by atoms with Gasteiger partial charge in [-0.15, -0.1) is 11.3 Å². The fourth-order valence-corrected chi connectivity index (χ4v) is 2.54. The number of hydrogen-bond donors (Lipinski definition) is 3. The molecule has 8 heteroatoms. The van der Waals surface area contributed by atoms with E-state index < -0.39 is 11.9 Å².